The van der Waals surface area contributed by atoms with Gasteiger partial charge in [-0.25, -0.2) is 0 Å². The molecular weight excluding hydrogens is 202 g/mol. The molecule has 0 aliphatic rings. The van der Waals surface area contributed by atoms with Crippen molar-refractivity contribution >= 4 is 0 Å². The van der Waals surface area contributed by atoms with E-state index in [1.165, 1.54) is 0 Å². The van der Waals surface area contributed by atoms with Crippen molar-refractivity contribution in [1.29, 1.82) is 5.26 Å². The Kier molecular flexibility index (Phi) is 5.55. The van der Waals surface area contributed by atoms with E-state index in [1.807, 2.05) is 43.3 Å². The molecule has 1 N–H and O–H groups in total. The molecule has 3 heteroatoms. The van der Waals surface area contributed by atoms with Crippen molar-refractivity contribution in [3.8, 4) is 6.07 Å². The van der Waals surface area contributed by atoms with Gasteiger partial charge in [0.2, 0.25) is 0 Å². The Morgan fingerprint density at radius 3 is 2.69 bits per heavy atom. The Morgan fingerprint density at radius 1 is 1.38 bits per heavy atom. The van der Waals surface area contributed by atoms with E-state index in [0.29, 0.717) is 13.0 Å². The van der Waals surface area contributed by atoms with E-state index in [1.54, 1.807) is 0 Å². The van der Waals surface area contributed by atoms with Gasteiger partial charge >= 0.3 is 0 Å². The molecule has 1 aromatic carbocycles. The number of hydrogen-bond donors (Lipinski definition) is 1. The molecule has 0 saturated heterocycles. The van der Waals surface area contributed by atoms with Crippen LogP contribution in [0.2, 0.25) is 0 Å². The highest BCUT2D eigenvalue weighted by molar-refractivity contribution is 5.13. The molecule has 0 amide bonds. The van der Waals surface area contributed by atoms with Crippen LogP contribution in [0, 0.1) is 17.2 Å². The summed E-state index contributed by atoms with van der Waals surface area (Å²) in [6, 6.07) is 11.9. The van der Waals surface area contributed by atoms with Gasteiger partial charge in [-0.3, -0.25) is 0 Å². The van der Waals surface area contributed by atoms with Gasteiger partial charge < -0.3 is 9.84 Å². The Morgan fingerprint density at radius 2 is 2.06 bits per heavy atom. The predicted octanol–water partition coefficient (Wildman–Crippen LogP) is 2.11. The molecule has 1 aromatic rings. The number of nitriles is 1. The lowest BCUT2D eigenvalue weighted by atomic mass is 10.0. The minimum Gasteiger partial charge on any atom is -0.390 e. The summed E-state index contributed by atoms with van der Waals surface area (Å²) in [7, 11) is 0. The second kappa shape index (κ2) is 7.00. The number of rotatable bonds is 6. The molecule has 0 heterocycles. The Labute approximate surface area is 96.3 Å². The van der Waals surface area contributed by atoms with E-state index in [9.17, 15) is 5.11 Å². The first-order chi connectivity index (χ1) is 7.74. The largest absolute Gasteiger partial charge is 0.390 e. The van der Waals surface area contributed by atoms with Crippen molar-refractivity contribution in [3.63, 3.8) is 0 Å². The summed E-state index contributed by atoms with van der Waals surface area (Å²) in [6.45, 7) is 2.62. The zero-order valence-electron chi connectivity index (χ0n) is 9.47. The topological polar surface area (TPSA) is 53.2 Å². The standard InChI is InChI=1S/C13H17NO2/c1-11(7-8-14)13(15)10-16-9-12-5-3-2-4-6-12/h2-6,11,13,15H,7,9-10H2,1H3/t11-,13+/m1/s1. The molecule has 3 nitrogen and oxygen atoms in total. The van der Waals surface area contributed by atoms with Crippen molar-refractivity contribution in [3.05, 3.63) is 35.9 Å². The highest BCUT2D eigenvalue weighted by Gasteiger charge is 2.13. The smallest absolute Gasteiger partial charge is 0.0809 e. The molecule has 0 radical (unpaired) electrons. The second-order valence-electron chi connectivity index (χ2n) is 3.91. The molecule has 0 aliphatic heterocycles. The summed E-state index contributed by atoms with van der Waals surface area (Å²) < 4.78 is 5.39. The van der Waals surface area contributed by atoms with E-state index in [4.69, 9.17) is 10.00 Å². The molecule has 86 valence electrons. The van der Waals surface area contributed by atoms with Crippen molar-refractivity contribution in [2.24, 2.45) is 5.92 Å². The maximum atomic E-state index is 9.65. The number of nitrogens with zero attached hydrogens (tertiary/aromatic N) is 1. The molecule has 0 spiro atoms. The maximum absolute atomic E-state index is 9.65. The first-order valence-corrected chi connectivity index (χ1v) is 5.40. The van der Waals surface area contributed by atoms with Crippen LogP contribution in [0.3, 0.4) is 0 Å². The van der Waals surface area contributed by atoms with Crippen molar-refractivity contribution in [2.45, 2.75) is 26.1 Å². The molecule has 1 rings (SSSR count). The minimum absolute atomic E-state index is 0.0410. The quantitative estimate of drug-likeness (QED) is 0.797. The summed E-state index contributed by atoms with van der Waals surface area (Å²) >= 11 is 0. The molecule has 0 fully saturated rings. The Balaban J connectivity index is 2.23. The van der Waals surface area contributed by atoms with E-state index >= 15 is 0 Å². The first-order valence-electron chi connectivity index (χ1n) is 5.40. The highest BCUT2D eigenvalue weighted by Crippen LogP contribution is 2.09. The van der Waals surface area contributed by atoms with Crippen molar-refractivity contribution < 1.29 is 9.84 Å². The molecule has 2 atom stereocenters. The second-order valence-corrected chi connectivity index (χ2v) is 3.91. The van der Waals surface area contributed by atoms with Crippen LogP contribution in [0.15, 0.2) is 30.3 Å². The molecule has 0 aromatic heterocycles. The van der Waals surface area contributed by atoms with Gasteiger partial charge in [-0.05, 0) is 11.5 Å². The fourth-order valence-electron chi connectivity index (χ4n) is 1.32. The molecule has 16 heavy (non-hydrogen) atoms. The summed E-state index contributed by atoms with van der Waals surface area (Å²) in [6.07, 6.45) is -0.209. The Hall–Kier alpha value is -1.37. The van der Waals surface area contributed by atoms with Crippen molar-refractivity contribution in [2.75, 3.05) is 6.61 Å². The van der Waals surface area contributed by atoms with Gasteiger partial charge in [0.05, 0.1) is 25.4 Å². The molecule has 0 aliphatic carbocycles. The van der Waals surface area contributed by atoms with Gasteiger partial charge in [-0.15, -0.1) is 0 Å². The summed E-state index contributed by atoms with van der Waals surface area (Å²) in [5.74, 6) is -0.0410. The number of ether oxygens (including phenoxy) is 1. The maximum Gasteiger partial charge on any atom is 0.0809 e. The van der Waals surface area contributed by atoms with Gasteiger partial charge in [-0.1, -0.05) is 37.3 Å². The number of benzene rings is 1. The summed E-state index contributed by atoms with van der Waals surface area (Å²) in [4.78, 5) is 0. The number of aliphatic hydroxyl groups excluding tert-OH is 1. The van der Waals surface area contributed by atoms with Crippen LogP contribution in [-0.2, 0) is 11.3 Å². The lowest BCUT2D eigenvalue weighted by Crippen LogP contribution is -2.23. The predicted molar refractivity (Wildman–Crippen MR) is 61.5 cm³/mol. The van der Waals surface area contributed by atoms with E-state index in [2.05, 4.69) is 0 Å². The van der Waals surface area contributed by atoms with E-state index < -0.39 is 6.10 Å². The fourth-order valence-corrected chi connectivity index (χ4v) is 1.32. The van der Waals surface area contributed by atoms with Crippen LogP contribution in [0.4, 0.5) is 0 Å². The molecule has 0 saturated carbocycles. The zero-order valence-corrected chi connectivity index (χ0v) is 9.47. The number of hydrogen-bond acceptors (Lipinski definition) is 3. The molecule has 0 unspecified atom stereocenters. The fraction of sp³-hybridized carbons (Fsp3) is 0.462. The summed E-state index contributed by atoms with van der Waals surface area (Å²) in [5.41, 5.74) is 1.09. The van der Waals surface area contributed by atoms with Crippen LogP contribution in [0.1, 0.15) is 18.9 Å². The van der Waals surface area contributed by atoms with Gasteiger partial charge in [0, 0.05) is 6.42 Å². The molecular formula is C13H17NO2. The van der Waals surface area contributed by atoms with Gasteiger partial charge in [-0.2, -0.15) is 5.26 Å². The third-order valence-corrected chi connectivity index (χ3v) is 2.47. The van der Waals surface area contributed by atoms with Crippen LogP contribution in [0.25, 0.3) is 0 Å². The monoisotopic (exact) mass is 219 g/mol. The van der Waals surface area contributed by atoms with Crippen molar-refractivity contribution in [1.82, 2.24) is 0 Å². The number of aliphatic hydroxyl groups is 1. The summed E-state index contributed by atoms with van der Waals surface area (Å²) in [5, 5.41) is 18.1. The van der Waals surface area contributed by atoms with Crippen LogP contribution in [-0.4, -0.2) is 17.8 Å². The van der Waals surface area contributed by atoms with Crippen LogP contribution < -0.4 is 0 Å². The SMILES string of the molecule is C[C@H](CC#N)[C@@H](O)COCc1ccccc1. The minimum atomic E-state index is -0.566. The van der Waals surface area contributed by atoms with E-state index in [0.717, 1.165) is 5.56 Å². The Bertz CT molecular complexity index is 332. The van der Waals surface area contributed by atoms with Gasteiger partial charge in [0.1, 0.15) is 0 Å². The average Bonchev–Trinajstić information content (AvgIpc) is 2.30. The normalized spacial score (nSPS) is 14.1. The lowest BCUT2D eigenvalue weighted by molar-refractivity contribution is 0.00312. The third kappa shape index (κ3) is 4.43. The molecule has 0 bridgehead atoms. The average molecular weight is 219 g/mol. The van der Waals surface area contributed by atoms with Crippen LogP contribution >= 0.6 is 0 Å². The lowest BCUT2D eigenvalue weighted by Gasteiger charge is -2.16. The zero-order chi connectivity index (χ0) is 11.8. The van der Waals surface area contributed by atoms with E-state index in [-0.39, 0.29) is 12.5 Å². The third-order valence-electron chi connectivity index (χ3n) is 2.47. The first kappa shape index (κ1) is 12.7. The van der Waals surface area contributed by atoms with Gasteiger partial charge in [0.15, 0.2) is 0 Å². The van der Waals surface area contributed by atoms with Gasteiger partial charge in [0.25, 0.3) is 0 Å². The highest BCUT2D eigenvalue weighted by atomic mass is 16.5. The van der Waals surface area contributed by atoms with Crippen LogP contribution in [0.5, 0.6) is 0 Å².